The molecule has 0 atom stereocenters. The van der Waals surface area contributed by atoms with Crippen molar-refractivity contribution in [2.75, 3.05) is 14.2 Å². The quantitative estimate of drug-likeness (QED) is 0.585. The number of ether oxygens (including phenoxy) is 2. The number of allylic oxidation sites excluding steroid dienone is 1. The summed E-state index contributed by atoms with van der Waals surface area (Å²) in [6.45, 7) is 3.76. The first-order valence-corrected chi connectivity index (χ1v) is 6.17. The van der Waals surface area contributed by atoms with Crippen LogP contribution in [0.15, 0.2) is 17.8 Å². The SMILES string of the molecule is CC/C(=C\c1cc(OC)c(CC)cc1OC)[N+](=O)[O-]. The highest BCUT2D eigenvalue weighted by atomic mass is 16.6. The van der Waals surface area contributed by atoms with E-state index in [1.165, 1.54) is 6.08 Å². The first-order chi connectivity index (χ1) is 9.07. The lowest BCUT2D eigenvalue weighted by Crippen LogP contribution is -1.99. The molecule has 0 saturated heterocycles. The number of methoxy groups -OCH3 is 2. The number of benzene rings is 1. The molecule has 0 amide bonds. The van der Waals surface area contributed by atoms with E-state index in [4.69, 9.17) is 9.47 Å². The van der Waals surface area contributed by atoms with Crippen LogP contribution in [0.3, 0.4) is 0 Å². The van der Waals surface area contributed by atoms with Crippen molar-refractivity contribution in [1.29, 1.82) is 0 Å². The maximum Gasteiger partial charge on any atom is 0.246 e. The number of rotatable bonds is 6. The van der Waals surface area contributed by atoms with Gasteiger partial charge in [-0.3, -0.25) is 10.1 Å². The van der Waals surface area contributed by atoms with Crippen LogP contribution in [0.1, 0.15) is 31.4 Å². The molecule has 1 rings (SSSR count). The molecule has 0 unspecified atom stereocenters. The Balaban J connectivity index is 3.37. The molecule has 104 valence electrons. The second-order valence-corrected chi connectivity index (χ2v) is 4.01. The van der Waals surface area contributed by atoms with Gasteiger partial charge < -0.3 is 9.47 Å². The van der Waals surface area contributed by atoms with E-state index < -0.39 is 0 Å². The van der Waals surface area contributed by atoms with E-state index in [1.807, 2.05) is 13.0 Å². The highest BCUT2D eigenvalue weighted by molar-refractivity contribution is 5.62. The molecule has 0 aliphatic carbocycles. The Kier molecular flexibility index (Phi) is 5.36. The average Bonchev–Trinajstić information content (AvgIpc) is 2.43. The Bertz CT molecular complexity index is 494. The molecule has 0 spiro atoms. The molecule has 0 saturated carbocycles. The van der Waals surface area contributed by atoms with Crippen molar-refractivity contribution in [2.45, 2.75) is 26.7 Å². The first-order valence-electron chi connectivity index (χ1n) is 6.17. The summed E-state index contributed by atoms with van der Waals surface area (Å²) >= 11 is 0. The summed E-state index contributed by atoms with van der Waals surface area (Å²) in [5.74, 6) is 1.33. The molecule has 0 aliphatic rings. The van der Waals surface area contributed by atoms with Crippen LogP contribution < -0.4 is 9.47 Å². The molecule has 0 aromatic heterocycles. The Morgan fingerprint density at radius 3 is 2.32 bits per heavy atom. The highest BCUT2D eigenvalue weighted by Crippen LogP contribution is 2.31. The second-order valence-electron chi connectivity index (χ2n) is 4.01. The number of hydrogen-bond acceptors (Lipinski definition) is 4. The van der Waals surface area contributed by atoms with Gasteiger partial charge in [-0.1, -0.05) is 13.8 Å². The molecule has 1 aromatic carbocycles. The third kappa shape index (κ3) is 3.47. The number of hydrogen-bond donors (Lipinski definition) is 0. The van der Waals surface area contributed by atoms with Crippen LogP contribution in [-0.4, -0.2) is 19.1 Å². The minimum absolute atomic E-state index is 0.143. The fourth-order valence-corrected chi connectivity index (χ4v) is 1.84. The lowest BCUT2D eigenvalue weighted by atomic mass is 10.1. The van der Waals surface area contributed by atoms with Crippen LogP contribution in [0.25, 0.3) is 6.08 Å². The highest BCUT2D eigenvalue weighted by Gasteiger charge is 2.13. The Morgan fingerprint density at radius 1 is 1.26 bits per heavy atom. The molecule has 0 heterocycles. The largest absolute Gasteiger partial charge is 0.496 e. The van der Waals surface area contributed by atoms with E-state index in [0.29, 0.717) is 23.5 Å². The minimum atomic E-state index is -0.375. The van der Waals surface area contributed by atoms with E-state index in [-0.39, 0.29) is 10.6 Å². The summed E-state index contributed by atoms with van der Waals surface area (Å²) in [5, 5.41) is 10.9. The molecule has 1 aromatic rings. The van der Waals surface area contributed by atoms with Gasteiger partial charge in [-0.2, -0.15) is 0 Å². The van der Waals surface area contributed by atoms with Gasteiger partial charge in [0, 0.05) is 18.1 Å². The maximum atomic E-state index is 10.9. The molecular weight excluding hydrogens is 246 g/mol. The van der Waals surface area contributed by atoms with E-state index in [2.05, 4.69) is 0 Å². The van der Waals surface area contributed by atoms with Crippen LogP contribution in [0, 0.1) is 10.1 Å². The van der Waals surface area contributed by atoms with E-state index in [1.54, 1.807) is 27.2 Å². The Morgan fingerprint density at radius 2 is 1.89 bits per heavy atom. The van der Waals surface area contributed by atoms with Gasteiger partial charge in [-0.15, -0.1) is 0 Å². The van der Waals surface area contributed by atoms with Gasteiger partial charge in [-0.25, -0.2) is 0 Å². The van der Waals surface area contributed by atoms with Gasteiger partial charge in [-0.05, 0) is 24.1 Å². The summed E-state index contributed by atoms with van der Waals surface area (Å²) in [4.78, 5) is 10.5. The molecule has 5 nitrogen and oxygen atoms in total. The van der Waals surface area contributed by atoms with Crippen LogP contribution in [-0.2, 0) is 6.42 Å². The predicted molar refractivity (Wildman–Crippen MR) is 74.2 cm³/mol. The molecule has 0 bridgehead atoms. The van der Waals surface area contributed by atoms with Crippen molar-refractivity contribution in [1.82, 2.24) is 0 Å². The van der Waals surface area contributed by atoms with Gasteiger partial charge in [0.05, 0.1) is 19.1 Å². The molecule has 0 N–H and O–H groups in total. The summed E-state index contributed by atoms with van der Waals surface area (Å²) < 4.78 is 10.6. The second kappa shape index (κ2) is 6.78. The summed E-state index contributed by atoms with van der Waals surface area (Å²) in [6, 6.07) is 3.63. The van der Waals surface area contributed by atoms with Crippen molar-refractivity contribution in [3.63, 3.8) is 0 Å². The van der Waals surface area contributed by atoms with Crippen molar-refractivity contribution in [3.8, 4) is 11.5 Å². The topological polar surface area (TPSA) is 61.6 Å². The number of nitrogens with zero attached hydrogens (tertiary/aromatic N) is 1. The number of aryl methyl sites for hydroxylation is 1. The zero-order chi connectivity index (χ0) is 14.4. The van der Waals surface area contributed by atoms with E-state index in [9.17, 15) is 10.1 Å². The van der Waals surface area contributed by atoms with Crippen molar-refractivity contribution in [3.05, 3.63) is 39.1 Å². The minimum Gasteiger partial charge on any atom is -0.496 e. The van der Waals surface area contributed by atoms with Crippen LogP contribution in [0.2, 0.25) is 0 Å². The monoisotopic (exact) mass is 265 g/mol. The molecule has 0 fully saturated rings. The van der Waals surface area contributed by atoms with Gasteiger partial charge in [0.2, 0.25) is 5.70 Å². The third-order valence-corrected chi connectivity index (χ3v) is 2.93. The third-order valence-electron chi connectivity index (χ3n) is 2.93. The maximum absolute atomic E-state index is 10.9. The van der Waals surface area contributed by atoms with Crippen LogP contribution >= 0.6 is 0 Å². The normalized spacial score (nSPS) is 11.3. The zero-order valence-electron chi connectivity index (χ0n) is 11.7. The predicted octanol–water partition coefficient (Wildman–Crippen LogP) is 3.29. The lowest BCUT2D eigenvalue weighted by Gasteiger charge is -2.12. The first kappa shape index (κ1) is 15.0. The summed E-state index contributed by atoms with van der Waals surface area (Å²) in [6.07, 6.45) is 2.69. The molecular formula is C14H19NO4. The standard InChI is InChI=1S/C14H19NO4/c1-5-10-8-14(19-4)11(9-13(10)18-3)7-12(6-2)15(16)17/h7-9H,5-6H2,1-4H3/b12-7+. The van der Waals surface area contributed by atoms with Crippen molar-refractivity contribution in [2.24, 2.45) is 0 Å². The van der Waals surface area contributed by atoms with E-state index in [0.717, 1.165) is 12.0 Å². The van der Waals surface area contributed by atoms with Crippen LogP contribution in [0.5, 0.6) is 11.5 Å². The average molecular weight is 265 g/mol. The molecule has 0 aliphatic heterocycles. The lowest BCUT2D eigenvalue weighted by molar-refractivity contribution is -0.425. The van der Waals surface area contributed by atoms with Crippen LogP contribution in [0.4, 0.5) is 0 Å². The fourth-order valence-electron chi connectivity index (χ4n) is 1.84. The van der Waals surface area contributed by atoms with E-state index >= 15 is 0 Å². The fraction of sp³-hybridized carbons (Fsp3) is 0.429. The molecule has 0 radical (unpaired) electrons. The smallest absolute Gasteiger partial charge is 0.246 e. The van der Waals surface area contributed by atoms with Gasteiger partial charge in [0.25, 0.3) is 0 Å². The Labute approximate surface area is 113 Å². The molecule has 5 heteroatoms. The van der Waals surface area contributed by atoms with Crippen molar-refractivity contribution >= 4 is 6.08 Å². The Hall–Kier alpha value is -2.04. The summed E-state index contributed by atoms with van der Waals surface area (Å²) in [7, 11) is 3.14. The van der Waals surface area contributed by atoms with Gasteiger partial charge in [0.1, 0.15) is 11.5 Å². The number of nitro groups is 1. The van der Waals surface area contributed by atoms with Gasteiger partial charge in [0.15, 0.2) is 0 Å². The van der Waals surface area contributed by atoms with Gasteiger partial charge >= 0.3 is 0 Å². The summed E-state index contributed by atoms with van der Waals surface area (Å²) in [5.41, 5.74) is 1.81. The molecule has 19 heavy (non-hydrogen) atoms. The van der Waals surface area contributed by atoms with Crippen molar-refractivity contribution < 1.29 is 14.4 Å². The zero-order valence-corrected chi connectivity index (χ0v) is 11.7.